The first-order valence-corrected chi connectivity index (χ1v) is 8.90. The smallest absolute Gasteiger partial charge is 0.234 e. The number of hydrogen-bond acceptors (Lipinski definition) is 1. The Morgan fingerprint density at radius 2 is 1.60 bits per heavy atom. The average Bonchev–Trinajstić information content (AvgIpc) is 2.80. The van der Waals surface area contributed by atoms with Crippen LogP contribution in [-0.4, -0.2) is 4.98 Å². The van der Waals surface area contributed by atoms with Gasteiger partial charge in [-0.3, -0.25) is 0 Å². The van der Waals surface area contributed by atoms with E-state index in [4.69, 9.17) is 0 Å². The van der Waals surface area contributed by atoms with E-state index in [1.54, 1.807) is 0 Å². The summed E-state index contributed by atoms with van der Waals surface area (Å²) < 4.78 is 2.26. The quantitative estimate of drug-likeness (QED) is 0.586. The van der Waals surface area contributed by atoms with Crippen molar-refractivity contribution in [1.82, 2.24) is 4.98 Å². The normalized spacial score (nSPS) is 14.3. The van der Waals surface area contributed by atoms with Gasteiger partial charge < -0.3 is 0 Å². The average molecular weight is 329 g/mol. The first-order valence-electron chi connectivity index (χ1n) is 8.90. The van der Waals surface area contributed by atoms with Crippen LogP contribution in [0.4, 0.5) is 0 Å². The van der Waals surface area contributed by atoms with Crippen LogP contribution in [0.25, 0.3) is 22.4 Å². The van der Waals surface area contributed by atoms with Crippen molar-refractivity contribution >= 4 is 0 Å². The molecule has 0 spiro atoms. The lowest BCUT2D eigenvalue weighted by molar-refractivity contribution is -0.667. The van der Waals surface area contributed by atoms with Crippen LogP contribution in [0, 0.1) is 20.8 Å². The zero-order valence-electron chi connectivity index (χ0n) is 15.9. The molecular weight excluding hydrogens is 304 g/mol. The van der Waals surface area contributed by atoms with Crippen LogP contribution in [0.2, 0.25) is 0 Å². The van der Waals surface area contributed by atoms with Crippen molar-refractivity contribution < 1.29 is 4.57 Å². The van der Waals surface area contributed by atoms with Gasteiger partial charge in [-0.05, 0) is 47.7 Å². The van der Waals surface area contributed by atoms with Gasteiger partial charge in [-0.1, -0.05) is 44.2 Å². The summed E-state index contributed by atoms with van der Waals surface area (Å²) in [5.41, 5.74) is 11.7. The lowest BCUT2D eigenvalue weighted by Crippen LogP contribution is -2.36. The van der Waals surface area contributed by atoms with E-state index in [0.717, 1.165) is 5.69 Å². The Morgan fingerprint density at radius 1 is 0.880 bits per heavy atom. The Hall–Kier alpha value is -2.48. The Kier molecular flexibility index (Phi) is 3.37. The Labute approximate surface area is 150 Å². The molecule has 1 aromatic heterocycles. The summed E-state index contributed by atoms with van der Waals surface area (Å²) in [6.07, 6.45) is 1.95. The summed E-state index contributed by atoms with van der Waals surface area (Å²) in [5.74, 6) is 0. The van der Waals surface area contributed by atoms with Crippen molar-refractivity contribution in [3.05, 3.63) is 70.7 Å². The van der Waals surface area contributed by atoms with Gasteiger partial charge in [-0.15, -0.1) is 0 Å². The maximum Gasteiger partial charge on any atom is 0.234 e. The number of hydrogen-bond donors (Lipinski definition) is 0. The van der Waals surface area contributed by atoms with E-state index < -0.39 is 0 Å². The molecule has 0 amide bonds. The standard InChI is InChI=1S/C23H25N2/c1-14-11-19-17-9-7-8-10-20(17)23(4,5)21(19)12-18(14)22-16(3)24-13-15(2)25(22)6/h7-13H,1-6H3/q+1. The molecule has 1 aliphatic rings. The van der Waals surface area contributed by atoms with E-state index in [2.05, 4.69) is 87.6 Å². The van der Waals surface area contributed by atoms with Gasteiger partial charge in [-0.2, -0.15) is 4.57 Å². The van der Waals surface area contributed by atoms with Gasteiger partial charge in [0.15, 0.2) is 5.69 Å². The van der Waals surface area contributed by atoms with Gasteiger partial charge in [0, 0.05) is 12.3 Å². The molecule has 0 fully saturated rings. The maximum absolute atomic E-state index is 4.61. The highest BCUT2D eigenvalue weighted by molar-refractivity contribution is 5.84. The van der Waals surface area contributed by atoms with Gasteiger partial charge in [0.1, 0.15) is 12.7 Å². The molecule has 0 N–H and O–H groups in total. The van der Waals surface area contributed by atoms with E-state index in [1.807, 2.05) is 6.20 Å². The number of benzene rings is 2. The minimum Gasteiger partial charge on any atom is -0.248 e. The van der Waals surface area contributed by atoms with Crippen LogP contribution >= 0.6 is 0 Å². The largest absolute Gasteiger partial charge is 0.248 e. The van der Waals surface area contributed by atoms with Crippen LogP contribution in [0.3, 0.4) is 0 Å². The monoisotopic (exact) mass is 329 g/mol. The summed E-state index contributed by atoms with van der Waals surface area (Å²) >= 11 is 0. The lowest BCUT2D eigenvalue weighted by Gasteiger charge is -2.22. The molecule has 0 aliphatic heterocycles. The van der Waals surface area contributed by atoms with E-state index in [9.17, 15) is 0 Å². The molecule has 0 unspecified atom stereocenters. The van der Waals surface area contributed by atoms with Crippen molar-refractivity contribution in [2.24, 2.45) is 7.05 Å². The Morgan fingerprint density at radius 3 is 2.36 bits per heavy atom. The molecule has 4 rings (SSSR count). The number of rotatable bonds is 1. The number of nitrogens with zero attached hydrogens (tertiary/aromatic N) is 2. The van der Waals surface area contributed by atoms with Crippen molar-refractivity contribution in [1.29, 1.82) is 0 Å². The first kappa shape index (κ1) is 16.0. The highest BCUT2D eigenvalue weighted by Gasteiger charge is 2.36. The molecule has 2 nitrogen and oxygen atoms in total. The zero-order valence-corrected chi connectivity index (χ0v) is 15.9. The van der Waals surface area contributed by atoms with Gasteiger partial charge in [0.2, 0.25) is 5.69 Å². The predicted octanol–water partition coefficient (Wildman–Crippen LogP) is 4.80. The Bertz CT molecular complexity index is 1010. The molecule has 1 aliphatic carbocycles. The van der Waals surface area contributed by atoms with E-state index in [0.29, 0.717) is 0 Å². The van der Waals surface area contributed by atoms with Crippen LogP contribution in [0.1, 0.15) is 41.9 Å². The van der Waals surface area contributed by atoms with Crippen LogP contribution < -0.4 is 4.57 Å². The summed E-state index contributed by atoms with van der Waals surface area (Å²) in [7, 11) is 2.13. The van der Waals surface area contributed by atoms with E-state index in [-0.39, 0.29) is 5.41 Å². The molecule has 3 aromatic rings. The topological polar surface area (TPSA) is 16.8 Å². The summed E-state index contributed by atoms with van der Waals surface area (Å²) in [6, 6.07) is 13.6. The molecule has 0 saturated carbocycles. The fourth-order valence-electron chi connectivity index (χ4n) is 4.24. The van der Waals surface area contributed by atoms with Gasteiger partial charge >= 0.3 is 0 Å². The summed E-state index contributed by atoms with van der Waals surface area (Å²) in [4.78, 5) is 4.61. The molecule has 0 saturated heterocycles. The molecule has 1 heterocycles. The zero-order chi connectivity index (χ0) is 17.9. The highest BCUT2D eigenvalue weighted by atomic mass is 15.0. The first-order chi connectivity index (χ1) is 11.8. The van der Waals surface area contributed by atoms with Crippen molar-refractivity contribution in [3.8, 4) is 22.4 Å². The minimum absolute atomic E-state index is 0.0259. The number of fused-ring (bicyclic) bond motifs is 3. The van der Waals surface area contributed by atoms with Crippen LogP contribution in [0.5, 0.6) is 0 Å². The Balaban J connectivity index is 2.03. The van der Waals surface area contributed by atoms with E-state index in [1.165, 1.54) is 44.8 Å². The fourth-order valence-corrected chi connectivity index (χ4v) is 4.24. The predicted molar refractivity (Wildman–Crippen MR) is 103 cm³/mol. The second kappa shape index (κ2) is 5.26. The van der Waals surface area contributed by atoms with Crippen molar-refractivity contribution in [2.75, 3.05) is 0 Å². The second-order valence-electron chi connectivity index (χ2n) is 7.78. The minimum atomic E-state index is 0.0259. The third kappa shape index (κ3) is 2.17. The van der Waals surface area contributed by atoms with Crippen LogP contribution in [-0.2, 0) is 12.5 Å². The number of aryl methyl sites for hydroxylation is 3. The maximum atomic E-state index is 4.61. The van der Waals surface area contributed by atoms with Gasteiger partial charge in [0.05, 0.1) is 11.8 Å². The third-order valence-corrected chi connectivity index (χ3v) is 5.84. The molecule has 2 aromatic carbocycles. The van der Waals surface area contributed by atoms with Crippen LogP contribution in [0.15, 0.2) is 42.6 Å². The molecular formula is C23H25N2+. The molecule has 0 radical (unpaired) electrons. The molecule has 0 bridgehead atoms. The molecule has 25 heavy (non-hydrogen) atoms. The number of aromatic nitrogens is 2. The SMILES string of the molecule is Cc1cc2c(cc1-c1c(C)ncc(C)[n+]1C)C(C)(C)c1ccccc1-2. The highest BCUT2D eigenvalue weighted by Crippen LogP contribution is 2.50. The lowest BCUT2D eigenvalue weighted by atomic mass is 9.81. The van der Waals surface area contributed by atoms with E-state index >= 15 is 0 Å². The molecule has 2 heteroatoms. The summed E-state index contributed by atoms with van der Waals surface area (Å²) in [5, 5.41) is 0. The molecule has 0 atom stereocenters. The van der Waals surface area contributed by atoms with Gasteiger partial charge in [0.25, 0.3) is 0 Å². The third-order valence-electron chi connectivity index (χ3n) is 5.84. The van der Waals surface area contributed by atoms with Gasteiger partial charge in [-0.25, -0.2) is 4.98 Å². The van der Waals surface area contributed by atoms with Crippen molar-refractivity contribution in [2.45, 2.75) is 40.0 Å². The summed E-state index contributed by atoms with van der Waals surface area (Å²) in [6.45, 7) is 11.1. The molecule has 126 valence electrons. The second-order valence-corrected chi connectivity index (χ2v) is 7.78. The van der Waals surface area contributed by atoms with Crippen molar-refractivity contribution in [3.63, 3.8) is 0 Å². The fraction of sp³-hybridized carbons (Fsp3) is 0.304.